The average Bonchev–Trinajstić information content (AvgIpc) is 3.02. The minimum absolute atomic E-state index is 0.0381. The first-order valence-electron chi connectivity index (χ1n) is 8.30. The standard InChI is InChI=1S/C20H20N4O2/c1-12(2)18(25)8-7-16-9-14-10-17(11-22-19(14)23-16)24-20(26)13-3-5-15(21)6-4-13/h3-12H,21H2,1-2H3,(H,22,23)(H,24,26)/b8-7+. The molecule has 6 heteroatoms. The third-order valence-corrected chi connectivity index (χ3v) is 3.92. The lowest BCUT2D eigenvalue weighted by Crippen LogP contribution is -2.11. The van der Waals surface area contributed by atoms with Crippen LogP contribution in [-0.4, -0.2) is 21.7 Å². The summed E-state index contributed by atoms with van der Waals surface area (Å²) in [6, 6.07) is 10.4. The Labute approximate surface area is 151 Å². The zero-order valence-electron chi connectivity index (χ0n) is 14.6. The van der Waals surface area contributed by atoms with Crippen molar-refractivity contribution >= 4 is 40.2 Å². The number of benzene rings is 1. The van der Waals surface area contributed by atoms with Gasteiger partial charge in [-0.3, -0.25) is 9.59 Å². The molecular weight excluding hydrogens is 328 g/mol. The topological polar surface area (TPSA) is 101 Å². The number of H-pyrrole nitrogens is 1. The number of pyridine rings is 1. The second kappa shape index (κ2) is 7.23. The summed E-state index contributed by atoms with van der Waals surface area (Å²) in [6.45, 7) is 3.71. The molecule has 0 aliphatic rings. The van der Waals surface area contributed by atoms with Crippen LogP contribution in [0.5, 0.6) is 0 Å². The number of amides is 1. The van der Waals surface area contributed by atoms with Gasteiger partial charge in [0.15, 0.2) is 5.78 Å². The van der Waals surface area contributed by atoms with Gasteiger partial charge in [0.05, 0.1) is 11.9 Å². The van der Waals surface area contributed by atoms with Gasteiger partial charge >= 0.3 is 0 Å². The van der Waals surface area contributed by atoms with E-state index in [9.17, 15) is 9.59 Å². The molecule has 132 valence electrons. The number of nitrogens with zero attached hydrogens (tertiary/aromatic N) is 1. The van der Waals surface area contributed by atoms with E-state index in [1.165, 1.54) is 0 Å². The van der Waals surface area contributed by atoms with E-state index in [2.05, 4.69) is 15.3 Å². The van der Waals surface area contributed by atoms with Crippen molar-refractivity contribution in [2.24, 2.45) is 5.92 Å². The molecule has 0 unspecified atom stereocenters. The lowest BCUT2D eigenvalue weighted by Gasteiger charge is -2.05. The summed E-state index contributed by atoms with van der Waals surface area (Å²) in [7, 11) is 0. The van der Waals surface area contributed by atoms with Crippen LogP contribution in [-0.2, 0) is 4.79 Å². The number of nitrogens with one attached hydrogen (secondary N) is 2. The number of carbonyl (C=O) groups excluding carboxylic acids is 2. The fourth-order valence-corrected chi connectivity index (χ4v) is 2.40. The molecule has 3 rings (SSSR count). The van der Waals surface area contributed by atoms with Gasteiger partial charge in [0.2, 0.25) is 0 Å². The van der Waals surface area contributed by atoms with Crippen LogP contribution in [0.3, 0.4) is 0 Å². The molecule has 0 radical (unpaired) electrons. The molecule has 26 heavy (non-hydrogen) atoms. The van der Waals surface area contributed by atoms with Crippen LogP contribution >= 0.6 is 0 Å². The Kier molecular flexibility index (Phi) is 4.84. The Hall–Kier alpha value is -3.41. The van der Waals surface area contributed by atoms with Gasteiger partial charge < -0.3 is 16.0 Å². The van der Waals surface area contributed by atoms with E-state index < -0.39 is 0 Å². The summed E-state index contributed by atoms with van der Waals surface area (Å²) in [5, 5.41) is 3.66. The molecule has 1 amide bonds. The van der Waals surface area contributed by atoms with Crippen molar-refractivity contribution in [3.8, 4) is 0 Å². The first-order valence-corrected chi connectivity index (χ1v) is 8.30. The van der Waals surface area contributed by atoms with E-state index in [4.69, 9.17) is 5.73 Å². The Balaban J connectivity index is 1.77. The highest BCUT2D eigenvalue weighted by molar-refractivity contribution is 6.05. The van der Waals surface area contributed by atoms with E-state index in [-0.39, 0.29) is 17.6 Å². The molecule has 2 aromatic heterocycles. The normalized spacial score (nSPS) is 11.3. The maximum absolute atomic E-state index is 12.3. The molecular formula is C20H20N4O2. The average molecular weight is 348 g/mol. The summed E-state index contributed by atoms with van der Waals surface area (Å²) >= 11 is 0. The molecule has 2 heterocycles. The first kappa shape index (κ1) is 17.4. The zero-order chi connectivity index (χ0) is 18.7. The number of fused-ring (bicyclic) bond motifs is 1. The highest BCUT2D eigenvalue weighted by atomic mass is 16.1. The number of aromatic nitrogens is 2. The molecule has 0 aliphatic heterocycles. The van der Waals surface area contributed by atoms with Crippen LogP contribution < -0.4 is 11.1 Å². The quantitative estimate of drug-likeness (QED) is 0.484. The predicted octanol–water partition coefficient (Wildman–Crippen LogP) is 3.64. The molecule has 0 fully saturated rings. The maximum atomic E-state index is 12.3. The van der Waals surface area contributed by atoms with Gasteiger partial charge in [0, 0.05) is 28.2 Å². The van der Waals surface area contributed by atoms with Crippen LogP contribution in [0, 0.1) is 5.92 Å². The molecule has 0 saturated carbocycles. The minimum atomic E-state index is -0.232. The second-order valence-corrected chi connectivity index (χ2v) is 6.35. The predicted molar refractivity (Wildman–Crippen MR) is 104 cm³/mol. The van der Waals surface area contributed by atoms with E-state index >= 15 is 0 Å². The fourth-order valence-electron chi connectivity index (χ4n) is 2.40. The highest BCUT2D eigenvalue weighted by Gasteiger charge is 2.08. The van der Waals surface area contributed by atoms with E-state index in [1.807, 2.05) is 26.0 Å². The van der Waals surface area contributed by atoms with Crippen molar-refractivity contribution < 1.29 is 9.59 Å². The highest BCUT2D eigenvalue weighted by Crippen LogP contribution is 2.19. The van der Waals surface area contributed by atoms with Gasteiger partial charge in [0.25, 0.3) is 5.91 Å². The number of aromatic amines is 1. The van der Waals surface area contributed by atoms with Crippen molar-refractivity contribution in [1.82, 2.24) is 9.97 Å². The third kappa shape index (κ3) is 3.97. The van der Waals surface area contributed by atoms with E-state index in [0.717, 1.165) is 11.1 Å². The third-order valence-electron chi connectivity index (χ3n) is 3.92. The molecule has 0 spiro atoms. The number of rotatable bonds is 5. The van der Waals surface area contributed by atoms with Crippen molar-refractivity contribution in [2.45, 2.75) is 13.8 Å². The van der Waals surface area contributed by atoms with Gasteiger partial charge in [-0.1, -0.05) is 13.8 Å². The number of ketones is 1. The lowest BCUT2D eigenvalue weighted by molar-refractivity contribution is -0.117. The van der Waals surface area contributed by atoms with Gasteiger partial charge in [-0.15, -0.1) is 0 Å². The number of anilines is 2. The Bertz CT molecular complexity index is 985. The first-order chi connectivity index (χ1) is 12.4. The number of hydrogen-bond acceptors (Lipinski definition) is 4. The summed E-state index contributed by atoms with van der Waals surface area (Å²) in [4.78, 5) is 31.4. The number of hydrogen-bond donors (Lipinski definition) is 3. The molecule has 0 aliphatic carbocycles. The summed E-state index contributed by atoms with van der Waals surface area (Å²) in [6.07, 6.45) is 4.87. The van der Waals surface area contributed by atoms with Gasteiger partial charge in [-0.25, -0.2) is 4.98 Å². The van der Waals surface area contributed by atoms with Gasteiger partial charge in [-0.2, -0.15) is 0 Å². The fraction of sp³-hybridized carbons (Fsp3) is 0.150. The second-order valence-electron chi connectivity index (χ2n) is 6.35. The largest absolute Gasteiger partial charge is 0.399 e. The van der Waals surface area contributed by atoms with Crippen LogP contribution in [0.4, 0.5) is 11.4 Å². The lowest BCUT2D eigenvalue weighted by atomic mass is 10.1. The summed E-state index contributed by atoms with van der Waals surface area (Å²) in [5.41, 5.74) is 8.81. The number of allylic oxidation sites excluding steroid dienone is 1. The molecule has 1 aromatic carbocycles. The maximum Gasteiger partial charge on any atom is 0.255 e. The smallest absolute Gasteiger partial charge is 0.255 e. The molecule has 3 aromatic rings. The number of nitrogens with two attached hydrogens (primary N) is 1. The van der Waals surface area contributed by atoms with E-state index in [1.54, 1.807) is 42.6 Å². The molecule has 0 atom stereocenters. The molecule has 4 N–H and O–H groups in total. The zero-order valence-corrected chi connectivity index (χ0v) is 14.6. The SMILES string of the molecule is CC(C)C(=O)/C=C/c1cc2cc(NC(=O)c3ccc(N)cc3)cnc2[nH]1. The van der Waals surface area contributed by atoms with Crippen LogP contribution in [0.2, 0.25) is 0 Å². The van der Waals surface area contributed by atoms with Gasteiger partial charge in [-0.05, 0) is 48.6 Å². The van der Waals surface area contributed by atoms with E-state index in [0.29, 0.717) is 22.6 Å². The molecule has 0 saturated heterocycles. The van der Waals surface area contributed by atoms with Crippen molar-refractivity contribution in [1.29, 1.82) is 0 Å². The van der Waals surface area contributed by atoms with Crippen LogP contribution in [0.25, 0.3) is 17.1 Å². The van der Waals surface area contributed by atoms with Gasteiger partial charge in [0.1, 0.15) is 5.65 Å². The monoisotopic (exact) mass is 348 g/mol. The minimum Gasteiger partial charge on any atom is -0.399 e. The number of carbonyl (C=O) groups is 2. The van der Waals surface area contributed by atoms with Crippen molar-refractivity contribution in [3.05, 3.63) is 59.9 Å². The summed E-state index contributed by atoms with van der Waals surface area (Å²) in [5.74, 6) is -0.207. The molecule has 6 nitrogen and oxygen atoms in total. The Morgan fingerprint density at radius 3 is 2.62 bits per heavy atom. The van der Waals surface area contributed by atoms with Crippen molar-refractivity contribution in [2.75, 3.05) is 11.1 Å². The molecule has 0 bridgehead atoms. The number of nitrogen functional groups attached to an aromatic ring is 1. The van der Waals surface area contributed by atoms with Crippen LogP contribution in [0.1, 0.15) is 29.9 Å². The Morgan fingerprint density at radius 1 is 1.19 bits per heavy atom. The van der Waals surface area contributed by atoms with Crippen molar-refractivity contribution in [3.63, 3.8) is 0 Å². The Morgan fingerprint density at radius 2 is 1.92 bits per heavy atom. The summed E-state index contributed by atoms with van der Waals surface area (Å²) < 4.78 is 0. The van der Waals surface area contributed by atoms with Crippen LogP contribution in [0.15, 0.2) is 48.7 Å².